The first-order valence-electron chi connectivity index (χ1n) is 5.87. The zero-order valence-corrected chi connectivity index (χ0v) is 10.3. The summed E-state index contributed by atoms with van der Waals surface area (Å²) in [6.07, 6.45) is 2.34. The van der Waals surface area contributed by atoms with Crippen molar-refractivity contribution in [3.05, 3.63) is 29.6 Å². The van der Waals surface area contributed by atoms with Gasteiger partial charge in [-0.2, -0.15) is 5.26 Å². The van der Waals surface area contributed by atoms with Gasteiger partial charge in [0.2, 0.25) is 0 Å². The molecule has 0 fully saturated rings. The van der Waals surface area contributed by atoms with Gasteiger partial charge >= 0.3 is 0 Å². The molecular weight excluding hydrogens is 214 g/mol. The minimum Gasteiger partial charge on any atom is -0.396 e. The molecule has 1 aromatic heterocycles. The lowest BCUT2D eigenvalue weighted by Gasteiger charge is -2.21. The normalized spacial score (nSPS) is 12.4. The smallest absolute Gasteiger partial charge is 0.144 e. The third kappa shape index (κ3) is 4.14. The first kappa shape index (κ1) is 13.6. The van der Waals surface area contributed by atoms with Crippen molar-refractivity contribution >= 4 is 0 Å². The predicted octanol–water partition coefficient (Wildman–Crippen LogP) is 1.45. The zero-order valence-electron chi connectivity index (χ0n) is 10.3. The molecule has 0 radical (unpaired) electrons. The van der Waals surface area contributed by atoms with E-state index in [0.717, 1.165) is 12.0 Å². The fourth-order valence-corrected chi connectivity index (χ4v) is 1.73. The lowest BCUT2D eigenvalue weighted by atomic mass is 10.0. The van der Waals surface area contributed by atoms with Crippen molar-refractivity contribution in [2.45, 2.75) is 32.9 Å². The molecule has 1 aromatic rings. The second-order valence-corrected chi connectivity index (χ2v) is 4.37. The highest BCUT2D eigenvalue weighted by Gasteiger charge is 2.12. The van der Waals surface area contributed by atoms with Crippen molar-refractivity contribution in [3.63, 3.8) is 0 Å². The average molecular weight is 233 g/mol. The van der Waals surface area contributed by atoms with E-state index in [-0.39, 0.29) is 12.6 Å². The second kappa shape index (κ2) is 7.00. The molecule has 0 saturated heterocycles. The van der Waals surface area contributed by atoms with Gasteiger partial charge < -0.3 is 10.4 Å². The molecule has 1 unspecified atom stereocenters. The summed E-state index contributed by atoms with van der Waals surface area (Å²) in [4.78, 5) is 4.02. The largest absolute Gasteiger partial charge is 0.396 e. The minimum absolute atomic E-state index is 0.175. The van der Waals surface area contributed by atoms with Crippen LogP contribution in [0.5, 0.6) is 0 Å². The van der Waals surface area contributed by atoms with E-state index < -0.39 is 0 Å². The fraction of sp³-hybridized carbons (Fsp3) is 0.538. The van der Waals surface area contributed by atoms with E-state index in [1.807, 2.05) is 12.1 Å². The van der Waals surface area contributed by atoms with Gasteiger partial charge in [0.25, 0.3) is 0 Å². The van der Waals surface area contributed by atoms with Crippen molar-refractivity contribution in [1.82, 2.24) is 10.3 Å². The number of hydrogen-bond acceptors (Lipinski definition) is 4. The summed E-state index contributed by atoms with van der Waals surface area (Å²) in [6.45, 7) is 5.01. The quantitative estimate of drug-likeness (QED) is 0.780. The Labute approximate surface area is 102 Å². The Bertz CT molecular complexity index is 384. The lowest BCUT2D eigenvalue weighted by Crippen LogP contribution is -2.34. The zero-order chi connectivity index (χ0) is 12.7. The molecule has 0 aromatic carbocycles. The van der Waals surface area contributed by atoms with Crippen LogP contribution in [-0.4, -0.2) is 22.7 Å². The number of pyridine rings is 1. The number of nitrogens with zero attached hydrogens (tertiary/aromatic N) is 2. The maximum absolute atomic E-state index is 8.98. The van der Waals surface area contributed by atoms with Crippen LogP contribution >= 0.6 is 0 Å². The highest BCUT2D eigenvalue weighted by Crippen LogP contribution is 2.09. The van der Waals surface area contributed by atoms with E-state index in [1.165, 1.54) is 0 Å². The standard InChI is InChI=1S/C13H19N3O/c1-10(2)12(5-7-17)16-9-11-4-3-6-15-13(11)8-14/h3-4,6,10,12,16-17H,5,7,9H2,1-2H3. The molecule has 17 heavy (non-hydrogen) atoms. The topological polar surface area (TPSA) is 68.9 Å². The van der Waals surface area contributed by atoms with Gasteiger partial charge in [0.05, 0.1) is 0 Å². The molecule has 4 nitrogen and oxygen atoms in total. The minimum atomic E-state index is 0.175. The third-order valence-electron chi connectivity index (χ3n) is 2.80. The number of aliphatic hydroxyl groups is 1. The Morgan fingerprint density at radius 1 is 1.53 bits per heavy atom. The number of nitriles is 1. The van der Waals surface area contributed by atoms with E-state index in [4.69, 9.17) is 10.4 Å². The maximum atomic E-state index is 8.98. The molecule has 4 heteroatoms. The van der Waals surface area contributed by atoms with Crippen LogP contribution in [0.2, 0.25) is 0 Å². The Kier molecular flexibility index (Phi) is 5.61. The summed E-state index contributed by atoms with van der Waals surface area (Å²) >= 11 is 0. The number of rotatable bonds is 6. The Balaban J connectivity index is 2.62. The molecule has 0 amide bonds. The van der Waals surface area contributed by atoms with Crippen LogP contribution in [0.15, 0.2) is 18.3 Å². The fourth-order valence-electron chi connectivity index (χ4n) is 1.73. The lowest BCUT2D eigenvalue weighted by molar-refractivity contribution is 0.244. The van der Waals surface area contributed by atoms with Crippen LogP contribution in [0.4, 0.5) is 0 Å². The molecule has 0 spiro atoms. The van der Waals surface area contributed by atoms with Crippen molar-refractivity contribution in [2.24, 2.45) is 5.92 Å². The number of hydrogen-bond donors (Lipinski definition) is 2. The van der Waals surface area contributed by atoms with Crippen molar-refractivity contribution in [3.8, 4) is 6.07 Å². The van der Waals surface area contributed by atoms with Crippen LogP contribution in [0.1, 0.15) is 31.5 Å². The number of nitrogens with one attached hydrogen (secondary N) is 1. The van der Waals surface area contributed by atoms with Crippen LogP contribution < -0.4 is 5.32 Å². The molecule has 0 aliphatic rings. The molecule has 1 atom stereocenters. The summed E-state index contributed by atoms with van der Waals surface area (Å²) in [5.41, 5.74) is 1.37. The van der Waals surface area contributed by atoms with E-state index in [1.54, 1.807) is 6.20 Å². The first-order chi connectivity index (χ1) is 8.19. The van der Waals surface area contributed by atoms with Gasteiger partial charge in [-0.3, -0.25) is 0 Å². The predicted molar refractivity (Wildman–Crippen MR) is 66.1 cm³/mol. The van der Waals surface area contributed by atoms with Crippen LogP contribution in [0.25, 0.3) is 0 Å². The monoisotopic (exact) mass is 233 g/mol. The second-order valence-electron chi connectivity index (χ2n) is 4.37. The Morgan fingerprint density at radius 3 is 2.88 bits per heavy atom. The number of aliphatic hydroxyl groups excluding tert-OH is 1. The van der Waals surface area contributed by atoms with E-state index in [0.29, 0.717) is 18.2 Å². The van der Waals surface area contributed by atoms with Crippen LogP contribution in [0, 0.1) is 17.2 Å². The molecule has 0 bridgehead atoms. The van der Waals surface area contributed by atoms with Gasteiger partial charge in [-0.15, -0.1) is 0 Å². The van der Waals surface area contributed by atoms with Crippen LogP contribution in [0.3, 0.4) is 0 Å². The summed E-state index contributed by atoms with van der Waals surface area (Å²) in [6, 6.07) is 6.06. The molecule has 1 heterocycles. The van der Waals surface area contributed by atoms with Crippen molar-refractivity contribution < 1.29 is 5.11 Å². The van der Waals surface area contributed by atoms with Crippen molar-refractivity contribution in [1.29, 1.82) is 5.26 Å². The Hall–Kier alpha value is -1.44. The van der Waals surface area contributed by atoms with Crippen LogP contribution in [-0.2, 0) is 6.54 Å². The molecule has 0 aliphatic carbocycles. The van der Waals surface area contributed by atoms with Gasteiger partial charge in [-0.25, -0.2) is 4.98 Å². The Morgan fingerprint density at radius 2 is 2.29 bits per heavy atom. The maximum Gasteiger partial charge on any atom is 0.144 e. The van der Waals surface area contributed by atoms with E-state index in [9.17, 15) is 0 Å². The molecule has 0 saturated carbocycles. The highest BCUT2D eigenvalue weighted by atomic mass is 16.3. The summed E-state index contributed by atoms with van der Waals surface area (Å²) in [5, 5.41) is 21.3. The van der Waals surface area contributed by atoms with Gasteiger partial charge in [0, 0.05) is 31.0 Å². The highest BCUT2D eigenvalue weighted by molar-refractivity contribution is 5.30. The van der Waals surface area contributed by atoms with E-state index in [2.05, 4.69) is 30.2 Å². The SMILES string of the molecule is CC(C)C(CCO)NCc1cccnc1C#N. The summed E-state index contributed by atoms with van der Waals surface area (Å²) < 4.78 is 0. The van der Waals surface area contributed by atoms with Gasteiger partial charge in [0.1, 0.15) is 11.8 Å². The van der Waals surface area contributed by atoms with Crippen molar-refractivity contribution in [2.75, 3.05) is 6.61 Å². The summed E-state index contributed by atoms with van der Waals surface area (Å²) in [7, 11) is 0. The van der Waals surface area contributed by atoms with Gasteiger partial charge in [-0.05, 0) is 18.4 Å². The molecule has 1 rings (SSSR count). The van der Waals surface area contributed by atoms with Gasteiger partial charge in [-0.1, -0.05) is 19.9 Å². The molecule has 92 valence electrons. The van der Waals surface area contributed by atoms with E-state index >= 15 is 0 Å². The molecule has 0 aliphatic heterocycles. The number of aromatic nitrogens is 1. The molecule has 2 N–H and O–H groups in total. The van der Waals surface area contributed by atoms with Gasteiger partial charge in [0.15, 0.2) is 0 Å². The third-order valence-corrected chi connectivity index (χ3v) is 2.80. The molecular formula is C13H19N3O. The average Bonchev–Trinajstić information content (AvgIpc) is 2.34. The first-order valence-corrected chi connectivity index (χ1v) is 5.87. The summed E-state index contributed by atoms with van der Waals surface area (Å²) in [5.74, 6) is 0.448.